The molecule has 5 nitrogen and oxygen atoms in total. The summed E-state index contributed by atoms with van der Waals surface area (Å²) in [6.07, 6.45) is 0.809. The third-order valence-electron chi connectivity index (χ3n) is 4.75. The van der Waals surface area contributed by atoms with Crippen LogP contribution in [0.1, 0.15) is 30.4 Å². The number of carboxylic acid groups (broad SMARTS) is 1. The van der Waals surface area contributed by atoms with Crippen LogP contribution in [0.25, 0.3) is 11.1 Å². The number of fused-ring (bicyclic) bond motifs is 3. The number of carbonyl (C=O) groups is 2. The highest BCUT2D eigenvalue weighted by Gasteiger charge is 2.35. The maximum atomic E-state index is 12.2. The number of rotatable bonds is 6. The molecule has 0 aromatic heterocycles. The fourth-order valence-electron chi connectivity index (χ4n) is 3.34. The number of carboxylic acids is 1. The molecular weight excluding hydrogens is 330 g/mol. The van der Waals surface area contributed by atoms with Crippen molar-refractivity contribution >= 4 is 12.1 Å². The van der Waals surface area contributed by atoms with Gasteiger partial charge >= 0.3 is 12.1 Å². The maximum absolute atomic E-state index is 12.2. The van der Waals surface area contributed by atoms with Gasteiger partial charge < -0.3 is 15.2 Å². The van der Waals surface area contributed by atoms with Gasteiger partial charge in [-0.1, -0.05) is 54.6 Å². The van der Waals surface area contributed by atoms with Gasteiger partial charge in [0, 0.05) is 5.92 Å². The molecule has 0 heterocycles. The SMILES string of the molecule is C=CC[C@@](C)(NC(=O)OCC1c2ccccc2-c2ccccc21)C(=O)O. The molecule has 1 aliphatic carbocycles. The van der Waals surface area contributed by atoms with Crippen molar-refractivity contribution < 1.29 is 19.4 Å². The van der Waals surface area contributed by atoms with Crippen molar-refractivity contribution in [2.24, 2.45) is 0 Å². The standard InChI is InChI=1S/C21H21NO4/c1-3-12-21(2,19(23)24)22-20(25)26-13-18-16-10-6-4-8-14(16)15-9-5-7-11-17(15)18/h3-11,18H,1,12-13H2,2H3,(H,22,25)(H,23,24)/t21-/m1/s1. The third-order valence-corrected chi connectivity index (χ3v) is 4.75. The van der Waals surface area contributed by atoms with E-state index in [4.69, 9.17) is 4.74 Å². The van der Waals surface area contributed by atoms with E-state index < -0.39 is 17.6 Å². The summed E-state index contributed by atoms with van der Waals surface area (Å²) < 4.78 is 5.38. The predicted molar refractivity (Wildman–Crippen MR) is 99.1 cm³/mol. The summed E-state index contributed by atoms with van der Waals surface area (Å²) in [5.41, 5.74) is 3.05. The van der Waals surface area contributed by atoms with Gasteiger partial charge in [0.1, 0.15) is 12.1 Å². The number of hydrogen-bond donors (Lipinski definition) is 2. The topological polar surface area (TPSA) is 75.6 Å². The monoisotopic (exact) mass is 351 g/mol. The summed E-state index contributed by atoms with van der Waals surface area (Å²) in [7, 11) is 0. The first kappa shape index (κ1) is 17.7. The highest BCUT2D eigenvalue weighted by atomic mass is 16.5. The molecule has 2 N–H and O–H groups in total. The van der Waals surface area contributed by atoms with Gasteiger partial charge in [0.05, 0.1) is 0 Å². The molecule has 0 fully saturated rings. The summed E-state index contributed by atoms with van der Waals surface area (Å²) >= 11 is 0. The number of aliphatic carboxylic acids is 1. The van der Waals surface area contributed by atoms with E-state index in [2.05, 4.69) is 24.0 Å². The molecule has 0 saturated carbocycles. The van der Waals surface area contributed by atoms with Crippen molar-refractivity contribution in [2.45, 2.75) is 24.8 Å². The lowest BCUT2D eigenvalue weighted by Gasteiger charge is -2.25. The lowest BCUT2D eigenvalue weighted by Crippen LogP contribution is -2.52. The van der Waals surface area contributed by atoms with Gasteiger partial charge in [0.2, 0.25) is 0 Å². The molecule has 26 heavy (non-hydrogen) atoms. The van der Waals surface area contributed by atoms with Gasteiger partial charge in [-0.25, -0.2) is 9.59 Å². The van der Waals surface area contributed by atoms with Crippen molar-refractivity contribution in [1.29, 1.82) is 0 Å². The maximum Gasteiger partial charge on any atom is 0.408 e. The number of carbonyl (C=O) groups excluding carboxylic acids is 1. The molecular formula is C21H21NO4. The van der Waals surface area contributed by atoms with Crippen LogP contribution in [0.4, 0.5) is 4.79 Å². The number of nitrogens with one attached hydrogen (secondary N) is 1. The van der Waals surface area contributed by atoms with Gasteiger partial charge in [0.15, 0.2) is 0 Å². The summed E-state index contributed by atoms with van der Waals surface area (Å²) in [5, 5.41) is 11.8. The molecule has 2 aromatic rings. The fraction of sp³-hybridized carbons (Fsp3) is 0.238. The van der Waals surface area contributed by atoms with Crippen LogP contribution in [0, 0.1) is 0 Å². The Balaban J connectivity index is 1.75. The fourth-order valence-corrected chi connectivity index (χ4v) is 3.34. The summed E-state index contributed by atoms with van der Waals surface area (Å²) in [6.45, 7) is 5.11. The Morgan fingerprint density at radius 1 is 1.15 bits per heavy atom. The van der Waals surface area contributed by atoms with Crippen LogP contribution in [0.5, 0.6) is 0 Å². The zero-order valence-electron chi connectivity index (χ0n) is 14.6. The second-order valence-corrected chi connectivity index (χ2v) is 6.58. The van der Waals surface area contributed by atoms with Crippen molar-refractivity contribution in [1.82, 2.24) is 5.32 Å². The zero-order chi connectivity index (χ0) is 18.7. The molecule has 1 amide bonds. The van der Waals surface area contributed by atoms with Crippen LogP contribution < -0.4 is 5.32 Å². The Labute approximate surface area is 152 Å². The van der Waals surface area contributed by atoms with Crippen molar-refractivity contribution in [3.8, 4) is 11.1 Å². The van der Waals surface area contributed by atoms with Crippen molar-refractivity contribution in [3.05, 3.63) is 72.3 Å². The second-order valence-electron chi connectivity index (χ2n) is 6.58. The van der Waals surface area contributed by atoms with Gasteiger partial charge in [-0.2, -0.15) is 0 Å². The minimum absolute atomic E-state index is 0.0661. The van der Waals surface area contributed by atoms with Gasteiger partial charge in [-0.3, -0.25) is 0 Å². The van der Waals surface area contributed by atoms with E-state index in [1.165, 1.54) is 13.0 Å². The first-order valence-electron chi connectivity index (χ1n) is 8.44. The smallest absolute Gasteiger partial charge is 0.408 e. The van der Waals surface area contributed by atoms with Crippen LogP contribution in [0.3, 0.4) is 0 Å². The molecule has 1 atom stereocenters. The second kappa shape index (κ2) is 7.04. The minimum atomic E-state index is -1.44. The van der Waals surface area contributed by atoms with E-state index in [0.717, 1.165) is 22.3 Å². The Morgan fingerprint density at radius 3 is 2.19 bits per heavy atom. The molecule has 0 bridgehead atoms. The molecule has 0 unspecified atom stereocenters. The van der Waals surface area contributed by atoms with Crippen LogP contribution in [-0.2, 0) is 9.53 Å². The predicted octanol–water partition coefficient (Wildman–Crippen LogP) is 3.94. The summed E-state index contributed by atoms with van der Waals surface area (Å²) in [4.78, 5) is 23.6. The third kappa shape index (κ3) is 3.20. The Morgan fingerprint density at radius 2 is 1.69 bits per heavy atom. The van der Waals surface area contributed by atoms with Crippen LogP contribution in [-0.4, -0.2) is 29.3 Å². The molecule has 0 saturated heterocycles. The Hall–Kier alpha value is -3.08. The Bertz CT molecular complexity index is 815. The summed E-state index contributed by atoms with van der Waals surface area (Å²) in [6, 6.07) is 16.1. The normalized spacial score (nSPS) is 14.7. The first-order valence-corrected chi connectivity index (χ1v) is 8.44. The number of ether oxygens (including phenoxy) is 1. The van der Waals surface area contributed by atoms with E-state index >= 15 is 0 Å². The van der Waals surface area contributed by atoms with Crippen molar-refractivity contribution in [3.63, 3.8) is 0 Å². The average Bonchev–Trinajstić information content (AvgIpc) is 2.94. The molecule has 2 aromatic carbocycles. The van der Waals surface area contributed by atoms with E-state index in [0.29, 0.717) is 0 Å². The van der Waals surface area contributed by atoms with E-state index in [9.17, 15) is 14.7 Å². The first-order chi connectivity index (χ1) is 12.5. The average molecular weight is 351 g/mol. The molecule has 5 heteroatoms. The number of hydrogen-bond acceptors (Lipinski definition) is 3. The van der Waals surface area contributed by atoms with Crippen molar-refractivity contribution in [2.75, 3.05) is 6.61 Å². The van der Waals surface area contributed by atoms with Gasteiger partial charge in [0.25, 0.3) is 0 Å². The molecule has 0 aliphatic heterocycles. The number of amides is 1. The Kier molecular flexibility index (Phi) is 4.80. The summed E-state index contributed by atoms with van der Waals surface area (Å²) in [5.74, 6) is -1.20. The molecule has 0 spiro atoms. The van der Waals surface area contributed by atoms with Gasteiger partial charge in [-0.15, -0.1) is 6.58 Å². The minimum Gasteiger partial charge on any atom is -0.480 e. The van der Waals surface area contributed by atoms with E-state index in [1.54, 1.807) is 0 Å². The highest BCUT2D eigenvalue weighted by molar-refractivity contribution is 5.84. The zero-order valence-corrected chi connectivity index (χ0v) is 14.6. The molecule has 0 radical (unpaired) electrons. The molecule has 3 rings (SSSR count). The van der Waals surface area contributed by atoms with Crippen LogP contribution in [0.15, 0.2) is 61.2 Å². The van der Waals surface area contributed by atoms with E-state index in [1.807, 2.05) is 36.4 Å². The number of benzene rings is 2. The lowest BCUT2D eigenvalue weighted by molar-refractivity contribution is -0.143. The molecule has 1 aliphatic rings. The van der Waals surface area contributed by atoms with E-state index in [-0.39, 0.29) is 18.9 Å². The number of alkyl carbamates (subject to hydrolysis) is 1. The lowest BCUT2D eigenvalue weighted by atomic mass is 9.98. The van der Waals surface area contributed by atoms with Crippen LogP contribution in [0.2, 0.25) is 0 Å². The van der Waals surface area contributed by atoms with Crippen LogP contribution >= 0.6 is 0 Å². The quantitative estimate of drug-likeness (QED) is 0.773. The highest BCUT2D eigenvalue weighted by Crippen LogP contribution is 2.44. The van der Waals surface area contributed by atoms with Gasteiger partial charge in [-0.05, 0) is 35.6 Å². The molecule has 134 valence electrons. The largest absolute Gasteiger partial charge is 0.480 e.